The first-order valence-corrected chi connectivity index (χ1v) is 6.04. The molecule has 0 saturated heterocycles. The van der Waals surface area contributed by atoms with Crippen LogP contribution >= 0.6 is 0 Å². The Morgan fingerprint density at radius 2 is 2.20 bits per heavy atom. The van der Waals surface area contributed by atoms with Crippen LogP contribution in [-0.2, 0) is 9.84 Å². The van der Waals surface area contributed by atoms with E-state index < -0.39 is 9.84 Å². The number of hydrogen-bond donors (Lipinski definition) is 2. The highest BCUT2D eigenvalue weighted by Gasteiger charge is 2.09. The minimum Gasteiger partial charge on any atom is -0.506 e. The molecule has 0 aliphatic rings. The van der Waals surface area contributed by atoms with Crippen LogP contribution < -0.4 is 5.32 Å². The van der Waals surface area contributed by atoms with Gasteiger partial charge in [0, 0.05) is 6.26 Å². The minimum absolute atomic E-state index is 0.0300. The lowest BCUT2D eigenvalue weighted by Gasteiger charge is -2.07. The van der Waals surface area contributed by atoms with Crippen LogP contribution in [0.2, 0.25) is 0 Å². The van der Waals surface area contributed by atoms with Gasteiger partial charge in [-0.3, -0.25) is 0 Å². The fraction of sp³-hybridized carbons (Fsp3) is 0.200. The molecule has 1 aromatic carbocycles. The molecular weight excluding hydrogens is 214 g/mol. The first kappa shape index (κ1) is 11.4. The summed E-state index contributed by atoms with van der Waals surface area (Å²) in [5, 5.41) is 12.1. The summed E-state index contributed by atoms with van der Waals surface area (Å²) in [6.07, 6.45) is 6.14. The van der Waals surface area contributed by atoms with Crippen LogP contribution in [0, 0.1) is 12.3 Å². The van der Waals surface area contributed by atoms with Crippen LogP contribution in [0.5, 0.6) is 5.75 Å². The highest BCUT2D eigenvalue weighted by atomic mass is 32.2. The molecule has 0 spiro atoms. The van der Waals surface area contributed by atoms with Gasteiger partial charge in [0.1, 0.15) is 5.75 Å². The van der Waals surface area contributed by atoms with Gasteiger partial charge in [0.2, 0.25) is 0 Å². The molecule has 0 unspecified atom stereocenters. The van der Waals surface area contributed by atoms with Crippen molar-refractivity contribution >= 4 is 15.5 Å². The predicted octanol–water partition coefficient (Wildman–Crippen LogP) is 0.841. The molecule has 5 heteroatoms. The molecule has 4 nitrogen and oxygen atoms in total. The zero-order valence-electron chi connectivity index (χ0n) is 8.19. The van der Waals surface area contributed by atoms with E-state index in [0.717, 1.165) is 6.26 Å². The molecule has 0 amide bonds. The van der Waals surface area contributed by atoms with Gasteiger partial charge in [0.05, 0.1) is 17.1 Å². The summed E-state index contributed by atoms with van der Waals surface area (Å²) in [6, 6.07) is 4.00. The monoisotopic (exact) mass is 225 g/mol. The van der Waals surface area contributed by atoms with E-state index in [2.05, 4.69) is 11.2 Å². The molecule has 0 aliphatic carbocycles. The van der Waals surface area contributed by atoms with Crippen molar-refractivity contribution in [3.63, 3.8) is 0 Å². The lowest BCUT2D eigenvalue weighted by Crippen LogP contribution is -2.02. The predicted molar refractivity (Wildman–Crippen MR) is 58.5 cm³/mol. The summed E-state index contributed by atoms with van der Waals surface area (Å²) in [6.45, 7) is 0.223. The quantitative estimate of drug-likeness (QED) is 0.591. The molecule has 0 atom stereocenters. The van der Waals surface area contributed by atoms with Crippen LogP contribution in [0.4, 0.5) is 5.69 Å². The Morgan fingerprint density at radius 1 is 1.53 bits per heavy atom. The number of aromatic hydroxyl groups is 1. The van der Waals surface area contributed by atoms with Gasteiger partial charge in [-0.15, -0.1) is 6.42 Å². The molecular formula is C10H11NO3S. The van der Waals surface area contributed by atoms with Crippen LogP contribution in [-0.4, -0.2) is 26.3 Å². The Balaban J connectivity index is 3.12. The van der Waals surface area contributed by atoms with E-state index in [0.29, 0.717) is 5.69 Å². The maximum atomic E-state index is 11.2. The number of terminal acetylenes is 1. The van der Waals surface area contributed by atoms with Crippen molar-refractivity contribution in [2.75, 3.05) is 18.1 Å². The Labute approximate surface area is 88.9 Å². The minimum atomic E-state index is -3.27. The highest BCUT2D eigenvalue weighted by molar-refractivity contribution is 7.90. The van der Waals surface area contributed by atoms with Crippen LogP contribution in [0.3, 0.4) is 0 Å². The number of nitrogens with one attached hydrogen (secondary N) is 1. The van der Waals surface area contributed by atoms with Crippen molar-refractivity contribution in [1.82, 2.24) is 0 Å². The van der Waals surface area contributed by atoms with E-state index in [1.165, 1.54) is 18.2 Å². The van der Waals surface area contributed by atoms with E-state index in [1.807, 2.05) is 0 Å². The number of phenols is 1. The Morgan fingerprint density at radius 3 is 2.73 bits per heavy atom. The van der Waals surface area contributed by atoms with Gasteiger partial charge in [-0.25, -0.2) is 8.42 Å². The topological polar surface area (TPSA) is 66.4 Å². The molecule has 0 fully saturated rings. The Bertz CT molecular complexity index is 500. The summed E-state index contributed by atoms with van der Waals surface area (Å²) in [4.78, 5) is 0.139. The molecule has 0 bridgehead atoms. The maximum absolute atomic E-state index is 11.2. The van der Waals surface area contributed by atoms with Crippen LogP contribution in [0.15, 0.2) is 23.1 Å². The average molecular weight is 225 g/mol. The van der Waals surface area contributed by atoms with E-state index in [9.17, 15) is 13.5 Å². The fourth-order valence-electron chi connectivity index (χ4n) is 1.03. The second kappa shape index (κ2) is 4.24. The molecule has 0 aromatic heterocycles. The molecule has 1 rings (SSSR count). The van der Waals surface area contributed by atoms with E-state index in [1.54, 1.807) is 0 Å². The fourth-order valence-corrected chi connectivity index (χ4v) is 1.68. The third kappa shape index (κ3) is 2.89. The van der Waals surface area contributed by atoms with Crippen LogP contribution in [0.25, 0.3) is 0 Å². The second-order valence-electron chi connectivity index (χ2n) is 3.01. The average Bonchev–Trinajstić information content (AvgIpc) is 2.15. The lowest BCUT2D eigenvalue weighted by molar-refractivity contribution is 0.477. The number of phenolic OH excluding ortho intramolecular Hbond substituents is 1. The third-order valence-corrected chi connectivity index (χ3v) is 2.89. The normalized spacial score (nSPS) is 10.7. The SMILES string of the molecule is C#CCNc1cc(S(C)(=O)=O)ccc1O. The number of benzene rings is 1. The van der Waals surface area contributed by atoms with Gasteiger partial charge in [-0.2, -0.15) is 0 Å². The first-order valence-electron chi connectivity index (χ1n) is 4.15. The maximum Gasteiger partial charge on any atom is 0.175 e. The van der Waals surface area contributed by atoms with Gasteiger partial charge in [0.25, 0.3) is 0 Å². The molecule has 0 aliphatic heterocycles. The third-order valence-electron chi connectivity index (χ3n) is 1.78. The number of hydrogen-bond acceptors (Lipinski definition) is 4. The van der Waals surface area contributed by atoms with Crippen molar-refractivity contribution in [2.24, 2.45) is 0 Å². The molecule has 1 aromatic rings. The summed E-state index contributed by atoms with van der Waals surface area (Å²) < 4.78 is 22.4. The molecule has 15 heavy (non-hydrogen) atoms. The second-order valence-corrected chi connectivity index (χ2v) is 5.02. The smallest absolute Gasteiger partial charge is 0.175 e. The summed E-state index contributed by atoms with van der Waals surface area (Å²) >= 11 is 0. The van der Waals surface area contributed by atoms with Crippen molar-refractivity contribution in [3.05, 3.63) is 18.2 Å². The summed E-state index contributed by atoms with van der Waals surface area (Å²) in [7, 11) is -3.27. The molecule has 0 radical (unpaired) electrons. The van der Waals surface area contributed by atoms with Gasteiger partial charge >= 0.3 is 0 Å². The van der Waals surface area contributed by atoms with E-state index in [-0.39, 0.29) is 17.2 Å². The standard InChI is InChI=1S/C10H11NO3S/c1-3-6-11-9-7-8(15(2,13)14)4-5-10(9)12/h1,4-5,7,11-12H,6H2,2H3. The van der Waals surface area contributed by atoms with Gasteiger partial charge in [-0.1, -0.05) is 5.92 Å². The lowest BCUT2D eigenvalue weighted by atomic mass is 10.3. The largest absolute Gasteiger partial charge is 0.506 e. The molecule has 2 N–H and O–H groups in total. The zero-order valence-corrected chi connectivity index (χ0v) is 9.00. The number of sulfone groups is 1. The number of rotatable bonds is 3. The van der Waals surface area contributed by atoms with Crippen molar-refractivity contribution in [2.45, 2.75) is 4.90 Å². The van der Waals surface area contributed by atoms with Crippen molar-refractivity contribution < 1.29 is 13.5 Å². The zero-order chi connectivity index (χ0) is 11.5. The Kier molecular flexibility index (Phi) is 3.22. The summed E-state index contributed by atoms with van der Waals surface area (Å²) in [5.41, 5.74) is 0.316. The van der Waals surface area contributed by atoms with E-state index in [4.69, 9.17) is 6.42 Å². The molecule has 80 valence electrons. The molecule has 0 saturated carbocycles. The van der Waals surface area contributed by atoms with Crippen molar-refractivity contribution in [1.29, 1.82) is 0 Å². The Hall–Kier alpha value is -1.67. The molecule has 0 heterocycles. The van der Waals surface area contributed by atoms with Gasteiger partial charge in [-0.05, 0) is 18.2 Å². The van der Waals surface area contributed by atoms with Crippen molar-refractivity contribution in [3.8, 4) is 18.1 Å². The van der Waals surface area contributed by atoms with Crippen LogP contribution in [0.1, 0.15) is 0 Å². The summed E-state index contributed by atoms with van der Waals surface area (Å²) in [5.74, 6) is 2.30. The van der Waals surface area contributed by atoms with Gasteiger partial charge < -0.3 is 10.4 Å². The number of anilines is 1. The van der Waals surface area contributed by atoms with Gasteiger partial charge in [0.15, 0.2) is 9.84 Å². The highest BCUT2D eigenvalue weighted by Crippen LogP contribution is 2.25. The van der Waals surface area contributed by atoms with E-state index >= 15 is 0 Å². The first-order chi connectivity index (χ1) is 6.95.